The first-order valence-corrected chi connectivity index (χ1v) is 7.53. The summed E-state index contributed by atoms with van der Waals surface area (Å²) in [6.45, 7) is 6.15. The summed E-state index contributed by atoms with van der Waals surface area (Å²) >= 11 is 6.20. The summed E-state index contributed by atoms with van der Waals surface area (Å²) in [6, 6.07) is 6.18. The minimum Gasteiger partial charge on any atom is -0.272 e. The van der Waals surface area contributed by atoms with Gasteiger partial charge in [0.15, 0.2) is 0 Å². The molecule has 5 heteroatoms. The topological polar surface area (TPSA) is 55.9 Å². The quantitative estimate of drug-likeness (QED) is 0.659. The average molecular weight is 307 g/mol. The molecule has 0 aliphatic carbocycles. The van der Waals surface area contributed by atoms with E-state index in [1.165, 1.54) is 11.3 Å². The number of nitrogens with two attached hydrogens (primary N) is 1. The van der Waals surface area contributed by atoms with Crippen LogP contribution < -0.4 is 11.3 Å². The molecule has 0 fully saturated rings. The maximum atomic E-state index is 6.20. The average Bonchev–Trinajstić information content (AvgIpc) is 2.69. The van der Waals surface area contributed by atoms with Crippen molar-refractivity contribution in [3.05, 3.63) is 51.3 Å². The van der Waals surface area contributed by atoms with Crippen LogP contribution in [0, 0.1) is 20.8 Å². The molecule has 0 spiro atoms. The Morgan fingerprint density at radius 3 is 2.57 bits per heavy atom. The molecule has 4 nitrogen and oxygen atoms in total. The molecule has 0 aliphatic heterocycles. The minimum atomic E-state index is 0.0853. The Morgan fingerprint density at radius 1 is 1.33 bits per heavy atom. The normalized spacial score (nSPS) is 12.7. The fourth-order valence-electron chi connectivity index (χ4n) is 2.64. The zero-order chi connectivity index (χ0) is 15.6. The van der Waals surface area contributed by atoms with E-state index in [4.69, 9.17) is 17.4 Å². The second-order valence-electron chi connectivity index (χ2n) is 5.54. The predicted molar refractivity (Wildman–Crippen MR) is 87.3 cm³/mol. The second-order valence-corrected chi connectivity index (χ2v) is 5.95. The first kappa shape index (κ1) is 16.0. The van der Waals surface area contributed by atoms with Gasteiger partial charge in [0.2, 0.25) is 0 Å². The van der Waals surface area contributed by atoms with Crippen molar-refractivity contribution in [2.75, 3.05) is 0 Å². The zero-order valence-electron chi connectivity index (χ0n) is 13.1. The number of halogens is 1. The molecule has 2 rings (SSSR count). The first-order chi connectivity index (χ1) is 9.93. The largest absolute Gasteiger partial charge is 0.272 e. The van der Waals surface area contributed by atoms with Crippen LogP contribution in [0.15, 0.2) is 18.2 Å². The summed E-state index contributed by atoms with van der Waals surface area (Å²) in [7, 11) is 1.98. The summed E-state index contributed by atoms with van der Waals surface area (Å²) in [6.07, 6.45) is 1.84. The van der Waals surface area contributed by atoms with Gasteiger partial charge in [-0.15, -0.1) is 0 Å². The summed E-state index contributed by atoms with van der Waals surface area (Å²) in [4.78, 5) is 0. The summed E-state index contributed by atoms with van der Waals surface area (Å²) in [5.41, 5.74) is 8.70. The van der Waals surface area contributed by atoms with Crippen LogP contribution in [0.4, 0.5) is 0 Å². The lowest BCUT2D eigenvalue weighted by atomic mass is 9.98. The van der Waals surface area contributed by atoms with Crippen LogP contribution in [0.2, 0.25) is 5.02 Å². The third-order valence-corrected chi connectivity index (χ3v) is 4.55. The van der Waals surface area contributed by atoms with E-state index in [2.05, 4.69) is 30.4 Å². The maximum Gasteiger partial charge on any atom is 0.0628 e. The number of rotatable bonds is 5. The number of nitrogens with one attached hydrogen (secondary N) is 1. The number of nitrogens with zero attached hydrogens (tertiary/aromatic N) is 2. The van der Waals surface area contributed by atoms with Crippen LogP contribution in [-0.2, 0) is 13.5 Å². The van der Waals surface area contributed by atoms with E-state index in [1.54, 1.807) is 0 Å². The highest BCUT2D eigenvalue weighted by atomic mass is 35.5. The zero-order valence-corrected chi connectivity index (χ0v) is 13.8. The Kier molecular flexibility index (Phi) is 5.04. The Hall–Kier alpha value is -1.36. The van der Waals surface area contributed by atoms with Crippen molar-refractivity contribution in [3.8, 4) is 0 Å². The highest BCUT2D eigenvalue weighted by molar-refractivity contribution is 6.31. The number of hydrogen-bond acceptors (Lipinski definition) is 3. The van der Waals surface area contributed by atoms with Gasteiger partial charge in [0.1, 0.15) is 0 Å². The molecule has 2 aromatic rings. The van der Waals surface area contributed by atoms with Gasteiger partial charge in [-0.2, -0.15) is 5.10 Å². The lowest BCUT2D eigenvalue weighted by Gasteiger charge is -2.17. The number of aryl methyl sites for hydroxylation is 3. The van der Waals surface area contributed by atoms with E-state index in [0.29, 0.717) is 0 Å². The molecule has 1 heterocycles. The van der Waals surface area contributed by atoms with Crippen LogP contribution in [0.5, 0.6) is 0 Å². The van der Waals surface area contributed by atoms with Gasteiger partial charge in [0, 0.05) is 23.8 Å². The molecule has 0 amide bonds. The lowest BCUT2D eigenvalue weighted by Crippen LogP contribution is -2.28. The predicted octanol–water partition coefficient (Wildman–Crippen LogP) is 3.14. The third-order valence-electron chi connectivity index (χ3n) is 4.14. The van der Waals surface area contributed by atoms with E-state index in [9.17, 15) is 0 Å². The molecular formula is C16H23ClN4. The lowest BCUT2D eigenvalue weighted by molar-refractivity contribution is 0.515. The van der Waals surface area contributed by atoms with Gasteiger partial charge in [-0.05, 0) is 56.4 Å². The molecule has 0 bridgehead atoms. The van der Waals surface area contributed by atoms with Crippen LogP contribution in [-0.4, -0.2) is 9.78 Å². The fourth-order valence-corrected chi connectivity index (χ4v) is 2.83. The molecule has 1 aromatic carbocycles. The molecule has 0 saturated carbocycles. The van der Waals surface area contributed by atoms with Crippen molar-refractivity contribution in [1.29, 1.82) is 0 Å². The molecule has 0 aliphatic rings. The number of hydrogen-bond donors (Lipinski definition) is 2. The standard InChI is InChI=1S/C16H23ClN4/c1-10-5-6-13(9-15(10)17)16(19-18)8-7-14-11(2)20-21(4)12(14)3/h5-6,9,16,19H,7-8,18H2,1-4H3. The molecule has 0 radical (unpaired) electrons. The number of benzene rings is 1. The van der Waals surface area contributed by atoms with Gasteiger partial charge in [-0.1, -0.05) is 23.7 Å². The monoisotopic (exact) mass is 306 g/mol. The molecule has 3 N–H and O–H groups in total. The van der Waals surface area contributed by atoms with Crippen LogP contribution in [0.3, 0.4) is 0 Å². The van der Waals surface area contributed by atoms with E-state index >= 15 is 0 Å². The van der Waals surface area contributed by atoms with Crippen molar-refractivity contribution in [1.82, 2.24) is 15.2 Å². The van der Waals surface area contributed by atoms with Crippen LogP contribution in [0.25, 0.3) is 0 Å². The van der Waals surface area contributed by atoms with Crippen LogP contribution in [0.1, 0.15) is 40.5 Å². The maximum absolute atomic E-state index is 6.20. The summed E-state index contributed by atoms with van der Waals surface area (Å²) in [5.74, 6) is 5.72. The van der Waals surface area contributed by atoms with E-state index < -0.39 is 0 Å². The molecule has 1 atom stereocenters. The van der Waals surface area contributed by atoms with Gasteiger partial charge in [-0.25, -0.2) is 0 Å². The Balaban J connectivity index is 2.14. The molecule has 21 heavy (non-hydrogen) atoms. The molecular weight excluding hydrogens is 284 g/mol. The minimum absolute atomic E-state index is 0.0853. The third kappa shape index (κ3) is 3.46. The van der Waals surface area contributed by atoms with E-state index in [0.717, 1.165) is 34.7 Å². The van der Waals surface area contributed by atoms with Gasteiger partial charge in [0.25, 0.3) is 0 Å². The fraction of sp³-hybridized carbons (Fsp3) is 0.438. The van der Waals surface area contributed by atoms with Crippen molar-refractivity contribution >= 4 is 11.6 Å². The molecule has 1 aromatic heterocycles. The molecule has 114 valence electrons. The Labute approximate surface area is 131 Å². The van der Waals surface area contributed by atoms with Gasteiger partial charge >= 0.3 is 0 Å². The van der Waals surface area contributed by atoms with Crippen molar-refractivity contribution in [3.63, 3.8) is 0 Å². The second kappa shape index (κ2) is 6.60. The summed E-state index contributed by atoms with van der Waals surface area (Å²) in [5, 5.41) is 5.24. The highest BCUT2D eigenvalue weighted by Crippen LogP contribution is 2.25. The Bertz CT molecular complexity index is 633. The SMILES string of the molecule is Cc1ccc(C(CCc2c(C)nn(C)c2C)NN)cc1Cl. The molecule has 0 saturated heterocycles. The van der Waals surface area contributed by atoms with Gasteiger partial charge in [0.05, 0.1) is 5.69 Å². The summed E-state index contributed by atoms with van der Waals surface area (Å²) < 4.78 is 1.93. The number of hydrazine groups is 1. The number of aromatic nitrogens is 2. The van der Waals surface area contributed by atoms with Crippen molar-refractivity contribution in [2.24, 2.45) is 12.9 Å². The van der Waals surface area contributed by atoms with E-state index in [-0.39, 0.29) is 6.04 Å². The van der Waals surface area contributed by atoms with Crippen LogP contribution >= 0.6 is 11.6 Å². The smallest absolute Gasteiger partial charge is 0.0628 e. The van der Waals surface area contributed by atoms with Gasteiger partial charge in [-0.3, -0.25) is 16.0 Å². The highest BCUT2D eigenvalue weighted by Gasteiger charge is 2.15. The first-order valence-electron chi connectivity index (χ1n) is 7.15. The van der Waals surface area contributed by atoms with Crippen molar-refractivity contribution in [2.45, 2.75) is 39.7 Å². The Morgan fingerprint density at radius 2 is 2.05 bits per heavy atom. The van der Waals surface area contributed by atoms with E-state index in [1.807, 2.05) is 30.8 Å². The van der Waals surface area contributed by atoms with Crippen molar-refractivity contribution < 1.29 is 0 Å². The van der Waals surface area contributed by atoms with Gasteiger partial charge < -0.3 is 0 Å². The molecule has 1 unspecified atom stereocenters.